The molecule has 5 rings (SSSR count). The lowest BCUT2D eigenvalue weighted by Crippen LogP contribution is -2.12. The van der Waals surface area contributed by atoms with Crippen LogP contribution in [-0.4, -0.2) is 44.9 Å². The second-order valence-electron chi connectivity index (χ2n) is 7.27. The molecule has 4 aromatic rings. The van der Waals surface area contributed by atoms with E-state index in [1.807, 2.05) is 18.2 Å². The number of nitrogens with two attached hydrogens (primary N) is 2. The number of ether oxygens (including phenoxy) is 1. The minimum absolute atomic E-state index is 0.0556. The molecule has 33 heavy (non-hydrogen) atoms. The Kier molecular flexibility index (Phi) is 7.64. The molecule has 1 fully saturated rings. The molecule has 3 aromatic heterocycles. The van der Waals surface area contributed by atoms with Gasteiger partial charge in [-0.25, -0.2) is 9.97 Å². The van der Waals surface area contributed by atoms with E-state index in [0.29, 0.717) is 17.6 Å². The molecule has 11 heteroatoms. The maximum atomic E-state index is 11.7. The Labute approximate surface area is 188 Å². The minimum Gasteiger partial charge on any atom is -0.494 e. The third kappa shape index (κ3) is 5.67. The minimum atomic E-state index is -4.16. The SMILES string of the molecule is CN.COc1cccc2c1nc(N)n1nc(C3CCC3)nc21.FC(F)(F)Cc1ccccn1. The van der Waals surface area contributed by atoms with E-state index in [0.717, 1.165) is 35.2 Å². The van der Waals surface area contributed by atoms with Crippen molar-refractivity contribution >= 4 is 22.5 Å². The number of aromatic nitrogens is 5. The highest BCUT2D eigenvalue weighted by Crippen LogP contribution is 2.36. The smallest absolute Gasteiger partial charge is 0.394 e. The molecule has 0 radical (unpaired) electrons. The fraction of sp³-hybridized carbons (Fsp3) is 0.364. The van der Waals surface area contributed by atoms with Gasteiger partial charge in [0.15, 0.2) is 11.5 Å². The van der Waals surface area contributed by atoms with E-state index in [1.54, 1.807) is 17.7 Å². The standard InChI is InChI=1S/C14H15N5O.C7H6F3N.CH5N/c1-20-10-7-3-6-9-11(10)16-14(15)19-13(9)17-12(18-19)8-4-2-5-8;8-7(9,10)5-6-3-1-2-4-11-6;1-2/h3,6-8H,2,4-5H2,1H3,(H2,15,16);1-4H,5H2;2H2,1H3. The third-order valence-corrected chi connectivity index (χ3v) is 5.10. The van der Waals surface area contributed by atoms with Gasteiger partial charge in [0.1, 0.15) is 11.3 Å². The molecule has 0 bridgehead atoms. The van der Waals surface area contributed by atoms with Gasteiger partial charge in [0.2, 0.25) is 5.95 Å². The summed E-state index contributed by atoms with van der Waals surface area (Å²) in [5.41, 5.74) is 12.1. The molecule has 0 spiro atoms. The second kappa shape index (κ2) is 10.4. The summed E-state index contributed by atoms with van der Waals surface area (Å²) in [4.78, 5) is 12.6. The van der Waals surface area contributed by atoms with Crippen LogP contribution in [0.1, 0.15) is 36.7 Å². The number of nitrogen functional groups attached to an aromatic ring is 1. The zero-order chi connectivity index (χ0) is 24.0. The summed E-state index contributed by atoms with van der Waals surface area (Å²) in [7, 11) is 3.13. The number of nitrogens with zero attached hydrogens (tertiary/aromatic N) is 5. The van der Waals surface area contributed by atoms with E-state index >= 15 is 0 Å². The van der Waals surface area contributed by atoms with Crippen LogP contribution < -0.4 is 16.2 Å². The maximum Gasteiger partial charge on any atom is 0.394 e. The van der Waals surface area contributed by atoms with E-state index in [-0.39, 0.29) is 5.69 Å². The highest BCUT2D eigenvalue weighted by atomic mass is 19.4. The number of anilines is 1. The van der Waals surface area contributed by atoms with E-state index < -0.39 is 12.6 Å². The summed E-state index contributed by atoms with van der Waals surface area (Å²) in [5.74, 6) is 2.38. The van der Waals surface area contributed by atoms with Crippen molar-refractivity contribution in [3.8, 4) is 5.75 Å². The number of fused-ring (bicyclic) bond motifs is 3. The third-order valence-electron chi connectivity index (χ3n) is 5.10. The van der Waals surface area contributed by atoms with Gasteiger partial charge in [-0.15, -0.1) is 5.10 Å². The van der Waals surface area contributed by atoms with Crippen molar-refractivity contribution < 1.29 is 17.9 Å². The van der Waals surface area contributed by atoms with Gasteiger partial charge in [-0.3, -0.25) is 4.98 Å². The van der Waals surface area contributed by atoms with Gasteiger partial charge in [0, 0.05) is 23.2 Å². The number of para-hydroxylation sites is 1. The zero-order valence-electron chi connectivity index (χ0n) is 18.4. The summed E-state index contributed by atoms with van der Waals surface area (Å²) < 4.78 is 42.1. The van der Waals surface area contributed by atoms with Gasteiger partial charge < -0.3 is 16.2 Å². The number of benzene rings is 1. The molecule has 4 N–H and O–H groups in total. The van der Waals surface area contributed by atoms with Crippen molar-refractivity contribution in [3.05, 3.63) is 54.1 Å². The number of hydrogen-bond donors (Lipinski definition) is 2. The number of pyridine rings is 1. The van der Waals surface area contributed by atoms with Crippen molar-refractivity contribution in [2.45, 2.75) is 37.8 Å². The van der Waals surface area contributed by atoms with Gasteiger partial charge in [-0.1, -0.05) is 18.6 Å². The Balaban J connectivity index is 0.000000201. The predicted octanol–water partition coefficient (Wildman–Crippen LogP) is 3.90. The van der Waals surface area contributed by atoms with Crippen LogP contribution in [0, 0.1) is 0 Å². The topological polar surface area (TPSA) is 117 Å². The van der Waals surface area contributed by atoms with Gasteiger partial charge in [0.25, 0.3) is 0 Å². The van der Waals surface area contributed by atoms with E-state index in [9.17, 15) is 13.2 Å². The first kappa shape index (κ1) is 24.2. The number of hydrogen-bond acceptors (Lipinski definition) is 7. The number of alkyl halides is 3. The lowest BCUT2D eigenvalue weighted by Gasteiger charge is -2.21. The first-order chi connectivity index (χ1) is 15.9. The molecule has 0 amide bonds. The summed E-state index contributed by atoms with van der Waals surface area (Å²) in [6.07, 6.45) is -0.192. The van der Waals surface area contributed by atoms with Gasteiger partial charge >= 0.3 is 6.18 Å². The first-order valence-corrected chi connectivity index (χ1v) is 10.4. The zero-order valence-corrected chi connectivity index (χ0v) is 18.4. The van der Waals surface area contributed by atoms with Crippen molar-refractivity contribution in [1.29, 1.82) is 0 Å². The van der Waals surface area contributed by atoms with Gasteiger partial charge in [-0.05, 0) is 44.2 Å². The molecule has 176 valence electrons. The van der Waals surface area contributed by atoms with Crippen molar-refractivity contribution in [1.82, 2.24) is 24.6 Å². The molecular weight excluding hydrogens is 435 g/mol. The normalized spacial score (nSPS) is 13.5. The largest absolute Gasteiger partial charge is 0.494 e. The highest BCUT2D eigenvalue weighted by Gasteiger charge is 2.28. The molecule has 3 heterocycles. The molecule has 1 aliphatic carbocycles. The Morgan fingerprint density at radius 1 is 1.09 bits per heavy atom. The second-order valence-corrected chi connectivity index (χ2v) is 7.27. The monoisotopic (exact) mass is 461 g/mol. The van der Waals surface area contributed by atoms with Crippen molar-refractivity contribution in [2.24, 2.45) is 5.73 Å². The molecule has 0 saturated heterocycles. The summed E-state index contributed by atoms with van der Waals surface area (Å²) in [6.45, 7) is 0. The number of halogens is 3. The van der Waals surface area contributed by atoms with Crippen LogP contribution in [0.25, 0.3) is 16.6 Å². The Bertz CT molecular complexity index is 1190. The Morgan fingerprint density at radius 3 is 2.42 bits per heavy atom. The molecule has 0 unspecified atom stereocenters. The van der Waals surface area contributed by atoms with Gasteiger partial charge in [0.05, 0.1) is 13.5 Å². The van der Waals surface area contributed by atoms with E-state index in [1.165, 1.54) is 31.8 Å². The average Bonchev–Trinajstić information content (AvgIpc) is 3.19. The quantitative estimate of drug-likeness (QED) is 0.475. The fourth-order valence-electron chi connectivity index (χ4n) is 3.35. The summed E-state index contributed by atoms with van der Waals surface area (Å²) >= 11 is 0. The molecule has 1 saturated carbocycles. The fourth-order valence-corrected chi connectivity index (χ4v) is 3.35. The summed E-state index contributed by atoms with van der Waals surface area (Å²) in [5, 5.41) is 5.43. The van der Waals surface area contributed by atoms with Crippen LogP contribution in [0.2, 0.25) is 0 Å². The number of methoxy groups -OCH3 is 1. The number of rotatable bonds is 3. The predicted molar refractivity (Wildman–Crippen MR) is 120 cm³/mol. The molecule has 0 atom stereocenters. The van der Waals surface area contributed by atoms with Crippen molar-refractivity contribution in [2.75, 3.05) is 19.9 Å². The van der Waals surface area contributed by atoms with Crippen LogP contribution >= 0.6 is 0 Å². The Hall–Kier alpha value is -3.47. The maximum absolute atomic E-state index is 11.7. The van der Waals surface area contributed by atoms with Crippen molar-refractivity contribution in [3.63, 3.8) is 0 Å². The van der Waals surface area contributed by atoms with Crippen LogP contribution in [0.3, 0.4) is 0 Å². The molecule has 1 aliphatic rings. The van der Waals surface area contributed by atoms with E-state index in [4.69, 9.17) is 10.5 Å². The van der Waals surface area contributed by atoms with Gasteiger partial charge in [-0.2, -0.15) is 17.7 Å². The highest BCUT2D eigenvalue weighted by molar-refractivity contribution is 5.95. The lowest BCUT2D eigenvalue weighted by atomic mass is 9.85. The molecular formula is C22H26F3N7O. The van der Waals surface area contributed by atoms with Crippen LogP contribution in [0.4, 0.5) is 19.1 Å². The molecule has 8 nitrogen and oxygen atoms in total. The molecule has 1 aromatic carbocycles. The average molecular weight is 461 g/mol. The first-order valence-electron chi connectivity index (χ1n) is 10.4. The van der Waals surface area contributed by atoms with E-state index in [2.05, 4.69) is 25.8 Å². The van der Waals surface area contributed by atoms with Crippen LogP contribution in [-0.2, 0) is 6.42 Å². The van der Waals surface area contributed by atoms with Crippen LogP contribution in [0.15, 0.2) is 42.6 Å². The molecule has 0 aliphatic heterocycles. The van der Waals surface area contributed by atoms with Crippen LogP contribution in [0.5, 0.6) is 5.75 Å². The lowest BCUT2D eigenvalue weighted by molar-refractivity contribution is -0.127. The Morgan fingerprint density at radius 2 is 1.85 bits per heavy atom. The summed E-state index contributed by atoms with van der Waals surface area (Å²) in [6, 6.07) is 10.2.